The number of piperidine rings is 2. The van der Waals surface area contributed by atoms with Gasteiger partial charge in [0, 0.05) is 47.8 Å². The second kappa shape index (κ2) is 9.21. The molecule has 8 nitrogen and oxygen atoms in total. The van der Waals surface area contributed by atoms with Crippen molar-refractivity contribution in [2.75, 3.05) is 26.3 Å². The number of ketones is 2. The number of nitrogens with zero attached hydrogens (tertiary/aromatic N) is 2. The Morgan fingerprint density at radius 2 is 0.875 bits per heavy atom. The Hall–Kier alpha value is -1.80. The molecular weight excluding hydrogens is 412 g/mol. The average Bonchev–Trinajstić information content (AvgIpc) is 2.56. The third-order valence-electron chi connectivity index (χ3n) is 6.63. The maximum absolute atomic E-state index is 12.4. The Balaban J connectivity index is 1.81. The van der Waals surface area contributed by atoms with Crippen LogP contribution in [0.15, 0.2) is 0 Å². The largest absolute Gasteiger partial charge is 0.461 e. The fourth-order valence-corrected chi connectivity index (χ4v) is 5.59. The molecule has 2 aliphatic heterocycles. The Labute approximate surface area is 192 Å². The molecule has 0 radical (unpaired) electrons. The molecule has 0 aromatic carbocycles. The Bertz CT molecular complexity index is 664. The summed E-state index contributed by atoms with van der Waals surface area (Å²) in [4.78, 5) is 52.9. The predicted molar refractivity (Wildman–Crippen MR) is 120 cm³/mol. The number of rotatable bonds is 7. The number of carbonyl (C=O) groups excluding carboxylic acids is 4. The van der Waals surface area contributed by atoms with E-state index in [4.69, 9.17) is 9.47 Å². The fourth-order valence-electron chi connectivity index (χ4n) is 5.59. The number of Topliss-reactive ketones (excluding diaryl/α,β-unsaturated/α-hetero) is 2. The summed E-state index contributed by atoms with van der Waals surface area (Å²) in [6, 6.07) is 0. The van der Waals surface area contributed by atoms with Gasteiger partial charge in [0.25, 0.3) is 0 Å². The van der Waals surface area contributed by atoms with Crippen molar-refractivity contribution in [3.05, 3.63) is 0 Å². The van der Waals surface area contributed by atoms with E-state index in [0.717, 1.165) is 0 Å². The lowest BCUT2D eigenvalue weighted by molar-refractivity contribution is -0.161. The minimum Gasteiger partial charge on any atom is -0.461 e. The third-order valence-corrected chi connectivity index (χ3v) is 6.63. The van der Waals surface area contributed by atoms with Gasteiger partial charge in [-0.3, -0.25) is 29.0 Å². The molecule has 0 unspecified atom stereocenters. The van der Waals surface area contributed by atoms with Crippen molar-refractivity contribution in [3.8, 4) is 0 Å². The molecule has 0 saturated carbocycles. The van der Waals surface area contributed by atoms with Crippen LogP contribution in [-0.2, 0) is 28.7 Å². The van der Waals surface area contributed by atoms with Gasteiger partial charge in [0.15, 0.2) is 0 Å². The fraction of sp³-hybridized carbons (Fsp3) is 0.833. The van der Waals surface area contributed by atoms with Crippen LogP contribution in [0.4, 0.5) is 0 Å². The Kier molecular flexibility index (Phi) is 7.62. The van der Waals surface area contributed by atoms with E-state index < -0.39 is 34.1 Å². The molecule has 0 aromatic heterocycles. The van der Waals surface area contributed by atoms with Crippen LogP contribution in [0.1, 0.15) is 81.1 Å². The topological polar surface area (TPSA) is 93.2 Å². The maximum Gasteiger partial charge on any atom is 0.320 e. The van der Waals surface area contributed by atoms with Crippen LogP contribution in [-0.4, -0.2) is 81.8 Å². The highest BCUT2D eigenvalue weighted by Crippen LogP contribution is 2.37. The van der Waals surface area contributed by atoms with Crippen molar-refractivity contribution in [1.82, 2.24) is 9.80 Å². The molecule has 2 rings (SSSR count). The number of esters is 2. The standard InChI is InChI=1S/C24H40N2O6/c1-21(2)11-17(27)12-22(3,4)25(21)15-19(29)31-9-10-32-20(30)16-26-23(5,6)13-18(28)14-24(26,7)8/h9-16H2,1-8H3. The van der Waals surface area contributed by atoms with Crippen LogP contribution >= 0.6 is 0 Å². The van der Waals surface area contributed by atoms with E-state index in [2.05, 4.69) is 0 Å². The summed E-state index contributed by atoms with van der Waals surface area (Å²) in [5.74, 6) is -0.427. The molecule has 0 bridgehead atoms. The molecule has 2 heterocycles. The van der Waals surface area contributed by atoms with Crippen LogP contribution in [0.25, 0.3) is 0 Å². The zero-order valence-corrected chi connectivity index (χ0v) is 21.0. The van der Waals surface area contributed by atoms with E-state index in [-0.39, 0.29) is 37.9 Å². The predicted octanol–water partition coefficient (Wildman–Crippen LogP) is 2.52. The maximum atomic E-state index is 12.4. The zero-order chi connectivity index (χ0) is 24.5. The van der Waals surface area contributed by atoms with E-state index in [1.807, 2.05) is 65.2 Å². The van der Waals surface area contributed by atoms with Gasteiger partial charge in [0.05, 0.1) is 13.1 Å². The third kappa shape index (κ3) is 6.38. The van der Waals surface area contributed by atoms with E-state index in [0.29, 0.717) is 25.7 Å². The molecule has 2 fully saturated rings. The summed E-state index contributed by atoms with van der Waals surface area (Å²) in [5.41, 5.74) is -1.72. The molecule has 0 spiro atoms. The first kappa shape index (κ1) is 26.5. The second-order valence-electron chi connectivity index (χ2n) is 11.6. The molecule has 0 atom stereocenters. The Morgan fingerprint density at radius 1 is 0.625 bits per heavy atom. The number of ether oxygens (including phenoxy) is 2. The van der Waals surface area contributed by atoms with Crippen molar-refractivity contribution >= 4 is 23.5 Å². The molecule has 2 aliphatic rings. The number of likely N-dealkylation sites (tertiary alicyclic amines) is 2. The number of hydrogen-bond donors (Lipinski definition) is 0. The van der Waals surface area contributed by atoms with Gasteiger partial charge in [0.1, 0.15) is 24.8 Å². The second-order valence-corrected chi connectivity index (χ2v) is 11.6. The van der Waals surface area contributed by atoms with E-state index in [1.54, 1.807) is 0 Å². The van der Waals surface area contributed by atoms with E-state index >= 15 is 0 Å². The molecular formula is C24H40N2O6. The summed E-state index contributed by atoms with van der Waals surface area (Å²) in [7, 11) is 0. The quantitative estimate of drug-likeness (QED) is 0.430. The van der Waals surface area contributed by atoms with Crippen molar-refractivity contribution in [2.45, 2.75) is 103 Å². The molecule has 32 heavy (non-hydrogen) atoms. The van der Waals surface area contributed by atoms with E-state index in [9.17, 15) is 19.2 Å². The number of carbonyl (C=O) groups is 4. The molecule has 0 amide bonds. The highest BCUT2D eigenvalue weighted by atomic mass is 16.6. The van der Waals surface area contributed by atoms with Gasteiger partial charge in [-0.1, -0.05) is 0 Å². The highest BCUT2D eigenvalue weighted by Gasteiger charge is 2.46. The normalized spacial score (nSPS) is 24.8. The summed E-state index contributed by atoms with van der Waals surface area (Å²) in [5, 5.41) is 0. The van der Waals surface area contributed by atoms with Crippen LogP contribution in [0, 0.1) is 0 Å². The highest BCUT2D eigenvalue weighted by molar-refractivity contribution is 5.83. The zero-order valence-electron chi connectivity index (χ0n) is 21.0. The van der Waals surface area contributed by atoms with Crippen molar-refractivity contribution < 1.29 is 28.7 Å². The minimum atomic E-state index is -0.431. The van der Waals surface area contributed by atoms with Gasteiger partial charge >= 0.3 is 11.9 Å². The first-order chi connectivity index (χ1) is 14.5. The van der Waals surface area contributed by atoms with Crippen molar-refractivity contribution in [2.24, 2.45) is 0 Å². The molecule has 0 N–H and O–H groups in total. The lowest BCUT2D eigenvalue weighted by Crippen LogP contribution is -2.62. The molecule has 0 aliphatic carbocycles. The monoisotopic (exact) mass is 452 g/mol. The molecule has 2 saturated heterocycles. The Morgan fingerprint density at radius 3 is 1.12 bits per heavy atom. The van der Waals surface area contributed by atoms with Gasteiger partial charge in [-0.05, 0) is 55.4 Å². The van der Waals surface area contributed by atoms with Gasteiger partial charge in [-0.15, -0.1) is 0 Å². The lowest BCUT2D eigenvalue weighted by atomic mass is 9.79. The van der Waals surface area contributed by atoms with Crippen molar-refractivity contribution in [1.29, 1.82) is 0 Å². The minimum absolute atomic E-state index is 0.0243. The SMILES string of the molecule is CC1(C)CC(=O)CC(C)(C)N1CC(=O)OCCOC(=O)CN1C(C)(C)CC(=O)CC1(C)C. The number of hydrogen-bond acceptors (Lipinski definition) is 8. The van der Waals surface area contributed by atoms with Crippen LogP contribution in [0.3, 0.4) is 0 Å². The first-order valence-electron chi connectivity index (χ1n) is 11.4. The lowest BCUT2D eigenvalue weighted by Gasteiger charge is -2.51. The van der Waals surface area contributed by atoms with Crippen LogP contribution in [0.2, 0.25) is 0 Å². The molecule has 0 aromatic rings. The van der Waals surface area contributed by atoms with Crippen molar-refractivity contribution in [3.63, 3.8) is 0 Å². The van der Waals surface area contributed by atoms with Gasteiger partial charge < -0.3 is 9.47 Å². The molecule has 8 heteroatoms. The van der Waals surface area contributed by atoms with Gasteiger partial charge in [0.2, 0.25) is 0 Å². The van der Waals surface area contributed by atoms with E-state index in [1.165, 1.54) is 0 Å². The van der Waals surface area contributed by atoms with Gasteiger partial charge in [-0.25, -0.2) is 0 Å². The van der Waals surface area contributed by atoms with Gasteiger partial charge in [-0.2, -0.15) is 0 Å². The van der Waals surface area contributed by atoms with Crippen LogP contribution in [0.5, 0.6) is 0 Å². The molecule has 182 valence electrons. The average molecular weight is 453 g/mol. The first-order valence-corrected chi connectivity index (χ1v) is 11.4. The smallest absolute Gasteiger partial charge is 0.320 e. The summed E-state index contributed by atoms with van der Waals surface area (Å²) < 4.78 is 10.6. The summed E-state index contributed by atoms with van der Waals surface area (Å²) >= 11 is 0. The summed E-state index contributed by atoms with van der Waals surface area (Å²) in [6.45, 7) is 15.8. The summed E-state index contributed by atoms with van der Waals surface area (Å²) in [6.07, 6.45) is 1.60. The van der Waals surface area contributed by atoms with Crippen LogP contribution < -0.4 is 0 Å².